The number of hydrogen-bond donors (Lipinski definition) is 0. The molecule has 0 aromatic heterocycles. The quantitative estimate of drug-likeness (QED) is 0.643. The first-order chi connectivity index (χ1) is 6.45. The predicted molar refractivity (Wildman–Crippen MR) is 56.1 cm³/mol. The van der Waals surface area contributed by atoms with Crippen LogP contribution in [0.25, 0.3) is 0 Å². The van der Waals surface area contributed by atoms with Crippen LogP contribution in [0.15, 0.2) is 0 Å². The van der Waals surface area contributed by atoms with E-state index in [0.717, 1.165) is 19.6 Å². The van der Waals surface area contributed by atoms with Gasteiger partial charge in [0.1, 0.15) is 6.61 Å². The zero-order valence-corrected chi connectivity index (χ0v) is 9.67. The van der Waals surface area contributed by atoms with Gasteiger partial charge in [0.05, 0.1) is 6.61 Å². The molecule has 0 aliphatic carbocycles. The molecule has 1 atom stereocenters. The topological polar surface area (TPSA) is 29.5 Å². The van der Waals surface area contributed by atoms with E-state index in [1.165, 1.54) is 0 Å². The molecule has 0 N–H and O–H groups in total. The van der Waals surface area contributed by atoms with Crippen LogP contribution in [0.4, 0.5) is 0 Å². The molecule has 0 aromatic carbocycles. The van der Waals surface area contributed by atoms with Gasteiger partial charge < -0.3 is 9.64 Å². The Morgan fingerprint density at radius 2 is 2.14 bits per heavy atom. The first-order valence-corrected chi connectivity index (χ1v) is 5.33. The molecule has 0 bridgehead atoms. The summed E-state index contributed by atoms with van der Waals surface area (Å²) in [6, 6.07) is 0. The molecule has 1 amide bonds. The highest BCUT2D eigenvalue weighted by Crippen LogP contribution is 2.20. The van der Waals surface area contributed by atoms with Gasteiger partial charge in [-0.3, -0.25) is 4.79 Å². The zero-order valence-electron chi connectivity index (χ0n) is 9.67. The molecule has 3 heteroatoms. The molecule has 1 saturated heterocycles. The number of ether oxygens (including phenoxy) is 1. The molecule has 1 fully saturated rings. The van der Waals surface area contributed by atoms with Crippen LogP contribution in [0.1, 0.15) is 34.1 Å². The molecule has 1 heterocycles. The number of nitrogens with zero attached hydrogens (tertiary/aromatic N) is 1. The minimum absolute atomic E-state index is 0.0851. The fourth-order valence-electron chi connectivity index (χ4n) is 1.70. The van der Waals surface area contributed by atoms with Gasteiger partial charge in [-0.1, -0.05) is 6.92 Å². The lowest BCUT2D eigenvalue weighted by molar-refractivity contribution is -0.138. The maximum atomic E-state index is 11.7. The van der Waals surface area contributed by atoms with E-state index in [4.69, 9.17) is 4.74 Å². The minimum atomic E-state index is -0.0851. The molecule has 1 aliphatic heterocycles. The zero-order chi connectivity index (χ0) is 10.8. The Hall–Kier alpha value is -0.570. The first kappa shape index (κ1) is 11.5. The van der Waals surface area contributed by atoms with Crippen LogP contribution in [0.2, 0.25) is 0 Å². The second-order valence-corrected chi connectivity index (χ2v) is 4.96. The van der Waals surface area contributed by atoms with Crippen molar-refractivity contribution in [1.29, 1.82) is 0 Å². The summed E-state index contributed by atoms with van der Waals surface area (Å²) in [6.07, 6.45) is 1.07. The third-order valence-corrected chi connectivity index (χ3v) is 2.71. The van der Waals surface area contributed by atoms with E-state index in [1.54, 1.807) is 0 Å². The smallest absolute Gasteiger partial charge is 0.249 e. The summed E-state index contributed by atoms with van der Waals surface area (Å²) in [5.41, 5.74) is -0.0851. The van der Waals surface area contributed by atoms with Crippen LogP contribution in [0, 0.1) is 5.92 Å². The SMILES string of the molecule is CC[C@H]1COCC(=O)N(C(C)(C)C)C1. The average molecular weight is 199 g/mol. The summed E-state index contributed by atoms with van der Waals surface area (Å²) in [6.45, 7) is 10.2. The van der Waals surface area contributed by atoms with Crippen LogP contribution in [-0.2, 0) is 9.53 Å². The highest BCUT2D eigenvalue weighted by atomic mass is 16.5. The summed E-state index contributed by atoms with van der Waals surface area (Å²) in [7, 11) is 0. The number of rotatable bonds is 1. The van der Waals surface area contributed by atoms with Gasteiger partial charge in [0.25, 0.3) is 0 Å². The molecule has 3 nitrogen and oxygen atoms in total. The maximum absolute atomic E-state index is 11.7. The fraction of sp³-hybridized carbons (Fsp3) is 0.909. The number of carbonyl (C=O) groups is 1. The lowest BCUT2D eigenvalue weighted by atomic mass is 10.0. The Labute approximate surface area is 86.4 Å². The van der Waals surface area contributed by atoms with Gasteiger partial charge in [0.2, 0.25) is 5.91 Å². The lowest BCUT2D eigenvalue weighted by Crippen LogP contribution is -2.47. The van der Waals surface area contributed by atoms with Gasteiger partial charge >= 0.3 is 0 Å². The van der Waals surface area contributed by atoms with Crippen molar-refractivity contribution < 1.29 is 9.53 Å². The summed E-state index contributed by atoms with van der Waals surface area (Å²) in [4.78, 5) is 13.7. The molecule has 0 aromatic rings. The standard InChI is InChI=1S/C11H21NO2/c1-5-9-6-12(11(2,3)4)10(13)8-14-7-9/h9H,5-8H2,1-4H3/t9-/m1/s1. The molecule has 0 saturated carbocycles. The van der Waals surface area contributed by atoms with Gasteiger partial charge in [0, 0.05) is 12.1 Å². The van der Waals surface area contributed by atoms with E-state index < -0.39 is 0 Å². The van der Waals surface area contributed by atoms with Crippen molar-refractivity contribution in [3.63, 3.8) is 0 Å². The van der Waals surface area contributed by atoms with Crippen LogP contribution < -0.4 is 0 Å². The monoisotopic (exact) mass is 199 g/mol. The van der Waals surface area contributed by atoms with E-state index in [1.807, 2.05) is 4.90 Å². The average Bonchev–Trinajstić information content (AvgIpc) is 2.25. The number of carbonyl (C=O) groups excluding carboxylic acids is 1. The fourth-order valence-corrected chi connectivity index (χ4v) is 1.70. The van der Waals surface area contributed by atoms with Crippen molar-refractivity contribution in [1.82, 2.24) is 4.90 Å². The maximum Gasteiger partial charge on any atom is 0.249 e. The van der Waals surface area contributed by atoms with E-state index in [9.17, 15) is 4.79 Å². The Morgan fingerprint density at radius 1 is 1.50 bits per heavy atom. The van der Waals surface area contributed by atoms with E-state index >= 15 is 0 Å². The number of amides is 1. The molecule has 0 spiro atoms. The third-order valence-electron chi connectivity index (χ3n) is 2.71. The number of hydrogen-bond acceptors (Lipinski definition) is 2. The van der Waals surface area contributed by atoms with Gasteiger partial charge in [-0.05, 0) is 33.1 Å². The van der Waals surface area contributed by atoms with Crippen LogP contribution in [-0.4, -0.2) is 36.1 Å². The van der Waals surface area contributed by atoms with Gasteiger partial charge in [-0.25, -0.2) is 0 Å². The van der Waals surface area contributed by atoms with Gasteiger partial charge in [-0.2, -0.15) is 0 Å². The summed E-state index contributed by atoms with van der Waals surface area (Å²) >= 11 is 0. The van der Waals surface area contributed by atoms with Crippen molar-refractivity contribution in [2.45, 2.75) is 39.7 Å². The molecule has 0 unspecified atom stereocenters. The van der Waals surface area contributed by atoms with E-state index in [2.05, 4.69) is 27.7 Å². The van der Waals surface area contributed by atoms with E-state index in [-0.39, 0.29) is 18.1 Å². The Kier molecular flexibility index (Phi) is 3.53. The lowest BCUT2D eigenvalue weighted by Gasteiger charge is -2.36. The molecule has 82 valence electrons. The molecular formula is C11H21NO2. The second-order valence-electron chi connectivity index (χ2n) is 4.96. The highest BCUT2D eigenvalue weighted by Gasteiger charge is 2.30. The largest absolute Gasteiger partial charge is 0.371 e. The van der Waals surface area contributed by atoms with Gasteiger partial charge in [0.15, 0.2) is 0 Å². The van der Waals surface area contributed by atoms with Crippen molar-refractivity contribution >= 4 is 5.91 Å². The summed E-state index contributed by atoms with van der Waals surface area (Å²) < 4.78 is 5.34. The van der Waals surface area contributed by atoms with Crippen molar-refractivity contribution in [3.8, 4) is 0 Å². The van der Waals surface area contributed by atoms with E-state index in [0.29, 0.717) is 5.92 Å². The Bertz CT molecular complexity index is 208. The van der Waals surface area contributed by atoms with Crippen LogP contribution in [0.3, 0.4) is 0 Å². The van der Waals surface area contributed by atoms with Crippen molar-refractivity contribution in [3.05, 3.63) is 0 Å². The highest BCUT2D eigenvalue weighted by molar-refractivity contribution is 5.78. The summed E-state index contributed by atoms with van der Waals surface area (Å²) in [5.74, 6) is 0.606. The molecule has 1 rings (SSSR count). The normalized spacial score (nSPS) is 25.0. The minimum Gasteiger partial charge on any atom is -0.371 e. The summed E-state index contributed by atoms with van der Waals surface area (Å²) in [5, 5.41) is 0. The molecular weight excluding hydrogens is 178 g/mol. The van der Waals surface area contributed by atoms with Crippen LogP contribution in [0.5, 0.6) is 0 Å². The molecule has 1 aliphatic rings. The molecule has 14 heavy (non-hydrogen) atoms. The third kappa shape index (κ3) is 2.71. The second kappa shape index (κ2) is 4.30. The molecule has 0 radical (unpaired) electrons. The predicted octanol–water partition coefficient (Wildman–Crippen LogP) is 1.67. The first-order valence-electron chi connectivity index (χ1n) is 5.33. The Balaban J connectivity index is 2.73. The van der Waals surface area contributed by atoms with Crippen molar-refractivity contribution in [2.24, 2.45) is 5.92 Å². The van der Waals surface area contributed by atoms with Gasteiger partial charge in [-0.15, -0.1) is 0 Å². The van der Waals surface area contributed by atoms with Crippen molar-refractivity contribution in [2.75, 3.05) is 19.8 Å². The Morgan fingerprint density at radius 3 is 2.64 bits per heavy atom. The van der Waals surface area contributed by atoms with Crippen LogP contribution >= 0.6 is 0 Å².